The molecule has 0 aromatic heterocycles. The maximum absolute atomic E-state index is 11.6. The van der Waals surface area contributed by atoms with Gasteiger partial charge in [-0.05, 0) is 31.2 Å². The summed E-state index contributed by atoms with van der Waals surface area (Å²) in [6.45, 7) is 1.89. The number of rotatable bonds is 5. The van der Waals surface area contributed by atoms with Crippen molar-refractivity contribution in [3.05, 3.63) is 35.9 Å². The molecule has 0 heterocycles. The fourth-order valence-electron chi connectivity index (χ4n) is 1.26. The second-order valence-electron chi connectivity index (χ2n) is 3.32. The molecule has 1 aromatic rings. The Balaban J connectivity index is 2.98. The largest absolute Gasteiger partial charge is 0.497 e. The molecule has 0 unspecified atom stereocenters. The Hall–Kier alpha value is -2.30. The van der Waals surface area contributed by atoms with Crippen LogP contribution in [0.2, 0.25) is 0 Å². The van der Waals surface area contributed by atoms with Crippen LogP contribution in [0.4, 0.5) is 5.69 Å². The van der Waals surface area contributed by atoms with E-state index in [0.29, 0.717) is 17.0 Å². The Morgan fingerprint density at radius 2 is 2.17 bits per heavy atom. The zero-order valence-electron chi connectivity index (χ0n) is 10.6. The molecular weight excluding hydrogens is 232 g/mol. The van der Waals surface area contributed by atoms with Crippen molar-refractivity contribution in [3.8, 4) is 5.75 Å². The summed E-state index contributed by atoms with van der Waals surface area (Å²) in [4.78, 5) is 11.6. The normalized spacial score (nSPS) is 10.8. The number of hydrogen-bond acceptors (Lipinski definition) is 5. The molecule has 1 rings (SSSR count). The number of hydrazone groups is 1. The van der Waals surface area contributed by atoms with Gasteiger partial charge in [0.15, 0.2) is 0 Å². The maximum atomic E-state index is 11.6. The first kappa shape index (κ1) is 13.8. The van der Waals surface area contributed by atoms with E-state index in [9.17, 15) is 4.79 Å². The summed E-state index contributed by atoms with van der Waals surface area (Å²) in [7, 11) is 2.86. The van der Waals surface area contributed by atoms with Crippen molar-refractivity contribution in [2.45, 2.75) is 6.92 Å². The van der Waals surface area contributed by atoms with E-state index in [0.717, 1.165) is 0 Å². The predicted molar refractivity (Wildman–Crippen MR) is 71.3 cm³/mol. The van der Waals surface area contributed by atoms with Gasteiger partial charge in [0.2, 0.25) is 0 Å². The summed E-state index contributed by atoms with van der Waals surface area (Å²) >= 11 is 0. The molecule has 1 aromatic carbocycles. The van der Waals surface area contributed by atoms with Gasteiger partial charge in [0.25, 0.3) is 0 Å². The highest BCUT2D eigenvalue weighted by atomic mass is 16.5. The van der Waals surface area contributed by atoms with Crippen molar-refractivity contribution in [2.24, 2.45) is 5.10 Å². The second-order valence-corrected chi connectivity index (χ2v) is 3.32. The van der Waals surface area contributed by atoms with Gasteiger partial charge in [0.05, 0.1) is 25.5 Å². The molecule has 5 nitrogen and oxygen atoms in total. The number of benzene rings is 1. The molecule has 0 aliphatic heterocycles. The van der Waals surface area contributed by atoms with Gasteiger partial charge in [-0.1, -0.05) is 6.08 Å². The summed E-state index contributed by atoms with van der Waals surface area (Å²) in [5, 5.41) is 3.95. The van der Waals surface area contributed by atoms with E-state index < -0.39 is 5.97 Å². The first-order valence-electron chi connectivity index (χ1n) is 5.39. The van der Waals surface area contributed by atoms with E-state index in [1.807, 2.05) is 13.0 Å². The molecule has 1 N–H and O–H groups in total. The lowest BCUT2D eigenvalue weighted by molar-refractivity contribution is 0.0601. The highest BCUT2D eigenvalue weighted by Crippen LogP contribution is 2.22. The van der Waals surface area contributed by atoms with Crippen LogP contribution in [0.3, 0.4) is 0 Å². The average Bonchev–Trinajstić information content (AvgIpc) is 2.42. The number of nitrogens with one attached hydrogen (secondary N) is 1. The van der Waals surface area contributed by atoms with Crippen LogP contribution in [0.5, 0.6) is 5.75 Å². The molecule has 0 saturated heterocycles. The SMILES string of the molecule is C/C=C/C=N/Nc1ccc(OC)cc1C(=O)OC. The summed E-state index contributed by atoms with van der Waals surface area (Å²) in [6.07, 6.45) is 5.21. The molecule has 0 bridgehead atoms. The number of carbonyl (C=O) groups is 1. The van der Waals surface area contributed by atoms with Crippen LogP contribution < -0.4 is 10.2 Å². The monoisotopic (exact) mass is 248 g/mol. The Labute approximate surface area is 106 Å². The van der Waals surface area contributed by atoms with Gasteiger partial charge < -0.3 is 9.47 Å². The van der Waals surface area contributed by atoms with E-state index >= 15 is 0 Å². The molecule has 0 atom stereocenters. The van der Waals surface area contributed by atoms with Crippen molar-refractivity contribution in [1.29, 1.82) is 0 Å². The number of hydrogen-bond donors (Lipinski definition) is 1. The molecule has 0 spiro atoms. The van der Waals surface area contributed by atoms with Crippen LogP contribution in [0.1, 0.15) is 17.3 Å². The Morgan fingerprint density at radius 1 is 1.39 bits per heavy atom. The zero-order chi connectivity index (χ0) is 13.4. The van der Waals surface area contributed by atoms with Gasteiger partial charge >= 0.3 is 5.97 Å². The van der Waals surface area contributed by atoms with Crippen molar-refractivity contribution in [3.63, 3.8) is 0 Å². The van der Waals surface area contributed by atoms with E-state index in [2.05, 4.69) is 10.5 Å². The van der Waals surface area contributed by atoms with E-state index in [4.69, 9.17) is 9.47 Å². The lowest BCUT2D eigenvalue weighted by Gasteiger charge is -2.08. The zero-order valence-corrected chi connectivity index (χ0v) is 10.6. The number of nitrogens with zero attached hydrogens (tertiary/aromatic N) is 1. The Morgan fingerprint density at radius 3 is 2.78 bits per heavy atom. The van der Waals surface area contributed by atoms with Crippen LogP contribution in [-0.4, -0.2) is 26.4 Å². The summed E-state index contributed by atoms with van der Waals surface area (Å²) < 4.78 is 9.77. The lowest BCUT2D eigenvalue weighted by atomic mass is 10.1. The number of methoxy groups -OCH3 is 2. The maximum Gasteiger partial charge on any atom is 0.340 e. The molecular formula is C13H16N2O3. The molecule has 96 valence electrons. The number of ether oxygens (including phenoxy) is 2. The Bertz CT molecular complexity index is 467. The lowest BCUT2D eigenvalue weighted by Crippen LogP contribution is -2.05. The minimum absolute atomic E-state index is 0.370. The predicted octanol–water partition coefficient (Wildman–Crippen LogP) is 2.46. The first-order chi connectivity index (χ1) is 8.72. The molecule has 5 heteroatoms. The number of carbonyl (C=O) groups excluding carboxylic acids is 1. The number of allylic oxidation sites excluding steroid dienone is 2. The third kappa shape index (κ3) is 3.62. The van der Waals surface area contributed by atoms with Gasteiger partial charge in [0, 0.05) is 6.21 Å². The molecule has 0 fully saturated rings. The van der Waals surface area contributed by atoms with Gasteiger partial charge in [-0.3, -0.25) is 5.43 Å². The highest BCUT2D eigenvalue weighted by Gasteiger charge is 2.12. The quantitative estimate of drug-likeness (QED) is 0.494. The van der Waals surface area contributed by atoms with Crippen LogP contribution >= 0.6 is 0 Å². The number of esters is 1. The van der Waals surface area contributed by atoms with Crippen molar-refractivity contribution in [1.82, 2.24) is 0 Å². The third-order valence-electron chi connectivity index (χ3n) is 2.17. The first-order valence-corrected chi connectivity index (χ1v) is 5.39. The third-order valence-corrected chi connectivity index (χ3v) is 2.17. The molecule has 0 saturated carbocycles. The topological polar surface area (TPSA) is 59.9 Å². The highest BCUT2D eigenvalue weighted by molar-refractivity contribution is 5.96. The fraction of sp³-hybridized carbons (Fsp3) is 0.231. The van der Waals surface area contributed by atoms with Crippen LogP contribution in [0.25, 0.3) is 0 Å². The minimum Gasteiger partial charge on any atom is -0.497 e. The van der Waals surface area contributed by atoms with Crippen molar-refractivity contribution >= 4 is 17.9 Å². The van der Waals surface area contributed by atoms with Gasteiger partial charge in [-0.25, -0.2) is 4.79 Å². The Kier molecular flexibility index (Phi) is 5.44. The van der Waals surface area contributed by atoms with Gasteiger partial charge in [-0.2, -0.15) is 5.10 Å². The van der Waals surface area contributed by atoms with Crippen LogP contribution in [0, 0.1) is 0 Å². The number of anilines is 1. The van der Waals surface area contributed by atoms with Crippen LogP contribution in [0.15, 0.2) is 35.5 Å². The standard InChI is InChI=1S/C13H16N2O3/c1-4-5-8-14-15-12-7-6-10(17-2)9-11(12)13(16)18-3/h4-9,15H,1-3H3/b5-4+,14-8+. The molecule has 0 aliphatic rings. The van der Waals surface area contributed by atoms with E-state index in [1.165, 1.54) is 14.2 Å². The second kappa shape index (κ2) is 7.11. The van der Waals surface area contributed by atoms with Crippen molar-refractivity contribution < 1.29 is 14.3 Å². The smallest absolute Gasteiger partial charge is 0.340 e. The van der Waals surface area contributed by atoms with Crippen molar-refractivity contribution in [2.75, 3.05) is 19.6 Å². The molecule has 0 amide bonds. The van der Waals surface area contributed by atoms with Gasteiger partial charge in [0.1, 0.15) is 5.75 Å². The van der Waals surface area contributed by atoms with Crippen LogP contribution in [-0.2, 0) is 4.74 Å². The molecule has 18 heavy (non-hydrogen) atoms. The minimum atomic E-state index is -0.447. The molecule has 0 radical (unpaired) electrons. The van der Waals surface area contributed by atoms with E-state index in [1.54, 1.807) is 30.5 Å². The summed E-state index contributed by atoms with van der Waals surface area (Å²) in [6, 6.07) is 5.04. The summed E-state index contributed by atoms with van der Waals surface area (Å²) in [5.74, 6) is 0.135. The molecule has 0 aliphatic carbocycles. The fourth-order valence-corrected chi connectivity index (χ4v) is 1.26. The van der Waals surface area contributed by atoms with E-state index in [-0.39, 0.29) is 0 Å². The summed E-state index contributed by atoms with van der Waals surface area (Å²) in [5.41, 5.74) is 3.71. The average molecular weight is 248 g/mol. The van der Waals surface area contributed by atoms with Gasteiger partial charge in [-0.15, -0.1) is 0 Å².